The van der Waals surface area contributed by atoms with E-state index in [9.17, 15) is 14.0 Å². The standard InChI is InChI=1S/C18H20FN3O2S/c1-12-15(10-16(23)22-8-2-3-9-22)17(24)21-18(20-12)25-11-13-4-6-14(19)7-5-13/h4-7H,2-3,8-11H2,1H3,(H,20,21,24). The van der Waals surface area contributed by atoms with Gasteiger partial charge in [0.15, 0.2) is 5.16 Å². The van der Waals surface area contributed by atoms with E-state index < -0.39 is 0 Å². The molecular weight excluding hydrogens is 341 g/mol. The monoisotopic (exact) mass is 361 g/mol. The lowest BCUT2D eigenvalue weighted by Gasteiger charge is -2.15. The van der Waals surface area contributed by atoms with Crippen molar-refractivity contribution in [3.05, 3.63) is 57.3 Å². The molecule has 132 valence electrons. The summed E-state index contributed by atoms with van der Waals surface area (Å²) in [6.45, 7) is 3.30. The highest BCUT2D eigenvalue weighted by molar-refractivity contribution is 7.98. The maximum absolute atomic E-state index is 12.9. The number of aryl methyl sites for hydroxylation is 1. The molecular formula is C18H20FN3O2S. The summed E-state index contributed by atoms with van der Waals surface area (Å²) in [5.41, 5.74) is 1.70. The number of carbonyl (C=O) groups is 1. The number of rotatable bonds is 5. The zero-order valence-electron chi connectivity index (χ0n) is 14.0. The maximum atomic E-state index is 12.9. The summed E-state index contributed by atoms with van der Waals surface area (Å²) in [6, 6.07) is 6.22. The van der Waals surface area contributed by atoms with Crippen LogP contribution in [0.3, 0.4) is 0 Å². The summed E-state index contributed by atoms with van der Waals surface area (Å²) in [5.74, 6) is 0.289. The third kappa shape index (κ3) is 4.48. The van der Waals surface area contributed by atoms with Gasteiger partial charge in [0.25, 0.3) is 5.56 Å². The van der Waals surface area contributed by atoms with E-state index in [2.05, 4.69) is 9.97 Å². The van der Waals surface area contributed by atoms with Crippen LogP contribution < -0.4 is 5.56 Å². The second kappa shape index (κ2) is 7.82. The molecule has 5 nitrogen and oxygen atoms in total. The van der Waals surface area contributed by atoms with Gasteiger partial charge >= 0.3 is 0 Å². The van der Waals surface area contributed by atoms with E-state index in [0.29, 0.717) is 22.2 Å². The van der Waals surface area contributed by atoms with Crippen LogP contribution in [0, 0.1) is 12.7 Å². The Hall–Kier alpha value is -2.15. The minimum atomic E-state index is -0.275. The van der Waals surface area contributed by atoms with Gasteiger partial charge < -0.3 is 9.88 Å². The molecule has 2 heterocycles. The number of hydrogen-bond donors (Lipinski definition) is 1. The highest BCUT2D eigenvalue weighted by Crippen LogP contribution is 2.19. The summed E-state index contributed by atoms with van der Waals surface area (Å²) in [6.07, 6.45) is 2.15. The Kier molecular flexibility index (Phi) is 5.53. The second-order valence-electron chi connectivity index (χ2n) is 6.11. The first-order valence-corrected chi connectivity index (χ1v) is 9.26. The first-order valence-electron chi connectivity index (χ1n) is 8.28. The van der Waals surface area contributed by atoms with Gasteiger partial charge in [0.05, 0.1) is 6.42 Å². The molecule has 1 saturated heterocycles. The number of carbonyl (C=O) groups excluding carboxylic acids is 1. The average Bonchev–Trinajstić information content (AvgIpc) is 3.12. The van der Waals surface area contributed by atoms with E-state index in [1.807, 2.05) is 0 Å². The molecule has 1 aromatic heterocycles. The summed E-state index contributed by atoms with van der Waals surface area (Å²) in [4.78, 5) is 33.5. The van der Waals surface area contributed by atoms with E-state index in [1.165, 1.54) is 23.9 Å². The molecule has 1 aliphatic heterocycles. The van der Waals surface area contributed by atoms with Gasteiger partial charge in [-0.15, -0.1) is 0 Å². The number of nitrogens with zero attached hydrogens (tertiary/aromatic N) is 2. The molecule has 0 unspecified atom stereocenters. The van der Waals surface area contributed by atoms with Gasteiger partial charge in [0.1, 0.15) is 5.82 Å². The van der Waals surface area contributed by atoms with Crippen molar-refractivity contribution < 1.29 is 9.18 Å². The van der Waals surface area contributed by atoms with Crippen molar-refractivity contribution in [2.24, 2.45) is 0 Å². The lowest BCUT2D eigenvalue weighted by atomic mass is 10.1. The van der Waals surface area contributed by atoms with Crippen molar-refractivity contribution in [1.82, 2.24) is 14.9 Å². The molecule has 1 fully saturated rings. The van der Waals surface area contributed by atoms with Crippen molar-refractivity contribution >= 4 is 17.7 Å². The molecule has 1 aliphatic rings. The Balaban J connectivity index is 1.68. The molecule has 1 amide bonds. The fourth-order valence-electron chi connectivity index (χ4n) is 2.82. The van der Waals surface area contributed by atoms with Crippen molar-refractivity contribution in [2.45, 2.75) is 37.1 Å². The molecule has 3 rings (SSSR count). The Labute approximate surface area is 149 Å². The Morgan fingerprint density at radius 2 is 1.96 bits per heavy atom. The molecule has 0 spiro atoms. The molecule has 1 aromatic carbocycles. The van der Waals surface area contributed by atoms with Gasteiger partial charge in [-0.1, -0.05) is 23.9 Å². The van der Waals surface area contributed by atoms with Gasteiger partial charge in [0.2, 0.25) is 5.91 Å². The van der Waals surface area contributed by atoms with Gasteiger partial charge in [-0.2, -0.15) is 0 Å². The van der Waals surface area contributed by atoms with Crippen LogP contribution in [0.25, 0.3) is 0 Å². The van der Waals surface area contributed by atoms with Crippen molar-refractivity contribution in [1.29, 1.82) is 0 Å². The summed E-state index contributed by atoms with van der Waals surface area (Å²) >= 11 is 1.38. The first kappa shape index (κ1) is 17.7. The topological polar surface area (TPSA) is 66.1 Å². The summed E-state index contributed by atoms with van der Waals surface area (Å²) in [5, 5.41) is 0.504. The maximum Gasteiger partial charge on any atom is 0.255 e. The SMILES string of the molecule is Cc1nc(SCc2ccc(F)cc2)[nH]c(=O)c1CC(=O)N1CCCC1. The molecule has 7 heteroatoms. The number of aromatic amines is 1. The Morgan fingerprint density at radius 3 is 2.60 bits per heavy atom. The van der Waals surface area contributed by atoms with Crippen LogP contribution in [0.1, 0.15) is 29.7 Å². The summed E-state index contributed by atoms with van der Waals surface area (Å²) < 4.78 is 12.9. The molecule has 1 N–H and O–H groups in total. The first-order chi connectivity index (χ1) is 12.0. The number of H-pyrrole nitrogens is 1. The van der Waals surface area contributed by atoms with Crippen LogP contribution in [0.15, 0.2) is 34.2 Å². The van der Waals surface area contributed by atoms with Crippen LogP contribution in [-0.2, 0) is 17.0 Å². The zero-order chi connectivity index (χ0) is 17.8. The largest absolute Gasteiger partial charge is 0.342 e. The van der Waals surface area contributed by atoms with E-state index in [4.69, 9.17) is 0 Å². The molecule has 0 bridgehead atoms. The van der Waals surface area contributed by atoms with Crippen molar-refractivity contribution in [3.63, 3.8) is 0 Å². The van der Waals surface area contributed by atoms with Gasteiger partial charge in [-0.3, -0.25) is 9.59 Å². The number of amides is 1. The molecule has 0 atom stereocenters. The number of benzene rings is 1. The highest BCUT2D eigenvalue weighted by atomic mass is 32.2. The Bertz CT molecular complexity index is 814. The van der Waals surface area contributed by atoms with Gasteiger partial charge in [-0.05, 0) is 37.5 Å². The minimum Gasteiger partial charge on any atom is -0.342 e. The van der Waals surface area contributed by atoms with Crippen molar-refractivity contribution in [3.8, 4) is 0 Å². The third-order valence-electron chi connectivity index (χ3n) is 4.28. The third-order valence-corrected chi connectivity index (χ3v) is 5.22. The lowest BCUT2D eigenvalue weighted by molar-refractivity contribution is -0.129. The quantitative estimate of drug-likeness (QED) is 0.657. The van der Waals surface area contributed by atoms with Crippen molar-refractivity contribution in [2.75, 3.05) is 13.1 Å². The number of thioether (sulfide) groups is 1. The zero-order valence-corrected chi connectivity index (χ0v) is 14.9. The van der Waals surface area contributed by atoms with Crippen LogP contribution in [-0.4, -0.2) is 33.9 Å². The number of likely N-dealkylation sites (tertiary alicyclic amines) is 1. The van der Waals surface area contributed by atoms with Gasteiger partial charge in [-0.25, -0.2) is 9.37 Å². The van der Waals surface area contributed by atoms with Crippen LogP contribution in [0.4, 0.5) is 4.39 Å². The number of hydrogen-bond acceptors (Lipinski definition) is 4. The predicted molar refractivity (Wildman–Crippen MR) is 95.1 cm³/mol. The van der Waals surface area contributed by atoms with E-state index in [-0.39, 0.29) is 23.7 Å². The van der Waals surface area contributed by atoms with Crippen LogP contribution >= 0.6 is 11.8 Å². The molecule has 0 saturated carbocycles. The Morgan fingerprint density at radius 1 is 1.28 bits per heavy atom. The predicted octanol–water partition coefficient (Wildman–Crippen LogP) is 2.67. The molecule has 0 radical (unpaired) electrons. The average molecular weight is 361 g/mol. The molecule has 2 aromatic rings. The van der Waals surface area contributed by atoms with E-state index in [1.54, 1.807) is 24.0 Å². The lowest BCUT2D eigenvalue weighted by Crippen LogP contribution is -2.31. The van der Waals surface area contributed by atoms with E-state index in [0.717, 1.165) is 31.5 Å². The normalized spacial score (nSPS) is 14.1. The highest BCUT2D eigenvalue weighted by Gasteiger charge is 2.20. The fraction of sp³-hybridized carbons (Fsp3) is 0.389. The van der Waals surface area contributed by atoms with Gasteiger partial charge in [0, 0.05) is 30.1 Å². The summed E-state index contributed by atoms with van der Waals surface area (Å²) in [7, 11) is 0. The number of aromatic nitrogens is 2. The van der Waals surface area contributed by atoms with Crippen LogP contribution in [0.5, 0.6) is 0 Å². The number of halogens is 1. The number of nitrogens with one attached hydrogen (secondary N) is 1. The van der Waals surface area contributed by atoms with Crippen LogP contribution in [0.2, 0.25) is 0 Å². The smallest absolute Gasteiger partial charge is 0.255 e. The second-order valence-corrected chi connectivity index (χ2v) is 7.08. The minimum absolute atomic E-state index is 0.0142. The molecule has 25 heavy (non-hydrogen) atoms. The fourth-order valence-corrected chi connectivity index (χ4v) is 3.69. The molecule has 0 aliphatic carbocycles. The van der Waals surface area contributed by atoms with E-state index >= 15 is 0 Å².